The normalized spacial score (nSPS) is 10.7. The zero-order valence-corrected chi connectivity index (χ0v) is 13.8. The molecule has 4 heteroatoms. The van der Waals surface area contributed by atoms with Crippen molar-refractivity contribution in [1.29, 1.82) is 0 Å². The molecule has 23 heavy (non-hydrogen) atoms. The van der Waals surface area contributed by atoms with Crippen molar-refractivity contribution in [3.05, 3.63) is 47.7 Å². The summed E-state index contributed by atoms with van der Waals surface area (Å²) in [5, 5.41) is 2.80. The summed E-state index contributed by atoms with van der Waals surface area (Å²) in [6.45, 7) is 2.24. The first-order valence-corrected chi connectivity index (χ1v) is 8.44. The molecule has 2 rings (SSSR count). The van der Waals surface area contributed by atoms with E-state index in [0.29, 0.717) is 0 Å². The van der Waals surface area contributed by atoms with Gasteiger partial charge in [-0.1, -0.05) is 51.2 Å². The summed E-state index contributed by atoms with van der Waals surface area (Å²) >= 11 is 0. The summed E-state index contributed by atoms with van der Waals surface area (Å²) in [5.74, 6) is 0.175. The lowest BCUT2D eigenvalue weighted by atomic mass is 10.0. The molecule has 0 atom stereocenters. The Balaban J connectivity index is 1.75. The Morgan fingerprint density at radius 1 is 1.00 bits per heavy atom. The van der Waals surface area contributed by atoms with E-state index in [4.69, 9.17) is 10.2 Å². The number of nitrogens with two attached hydrogens (primary N) is 1. The first-order valence-electron chi connectivity index (χ1n) is 8.44. The number of unbranched alkanes of at least 4 members (excludes halogenated alkanes) is 5. The Morgan fingerprint density at radius 2 is 1.70 bits per heavy atom. The van der Waals surface area contributed by atoms with Crippen molar-refractivity contribution in [1.82, 2.24) is 0 Å². The Bertz CT molecular complexity index is 602. The van der Waals surface area contributed by atoms with Gasteiger partial charge in [0.15, 0.2) is 11.6 Å². The molecule has 0 unspecified atom stereocenters. The third kappa shape index (κ3) is 5.81. The second-order valence-electron chi connectivity index (χ2n) is 5.87. The lowest BCUT2D eigenvalue weighted by molar-refractivity contribution is 0.0997. The molecule has 1 aromatic carbocycles. The van der Waals surface area contributed by atoms with Crippen molar-refractivity contribution in [3.8, 4) is 0 Å². The Labute approximate surface area is 138 Å². The molecule has 0 bridgehead atoms. The molecule has 0 spiro atoms. The lowest BCUT2D eigenvalue weighted by Gasteiger charge is -2.06. The molecule has 1 aromatic heterocycles. The summed E-state index contributed by atoms with van der Waals surface area (Å²) < 4.78 is 5.10. The predicted molar refractivity (Wildman–Crippen MR) is 94.6 cm³/mol. The second-order valence-corrected chi connectivity index (χ2v) is 5.87. The number of hydrogen-bond donors (Lipinski definition) is 2. The minimum Gasteiger partial charge on any atom is -0.436 e. The van der Waals surface area contributed by atoms with E-state index in [1.807, 2.05) is 12.1 Å². The van der Waals surface area contributed by atoms with Crippen molar-refractivity contribution in [2.24, 2.45) is 0 Å². The van der Waals surface area contributed by atoms with Crippen LogP contribution in [-0.2, 0) is 6.42 Å². The van der Waals surface area contributed by atoms with Crippen molar-refractivity contribution in [3.63, 3.8) is 0 Å². The van der Waals surface area contributed by atoms with E-state index in [-0.39, 0.29) is 17.6 Å². The van der Waals surface area contributed by atoms with Gasteiger partial charge in [0.05, 0.1) is 0 Å². The number of nitrogen functional groups attached to an aromatic ring is 1. The van der Waals surface area contributed by atoms with Crippen LogP contribution in [0.3, 0.4) is 0 Å². The highest BCUT2D eigenvalue weighted by Gasteiger charge is 2.10. The second kappa shape index (κ2) is 9.03. The van der Waals surface area contributed by atoms with Crippen molar-refractivity contribution < 1.29 is 9.21 Å². The third-order valence-corrected chi connectivity index (χ3v) is 3.88. The summed E-state index contributed by atoms with van der Waals surface area (Å²) in [6, 6.07) is 11.1. The van der Waals surface area contributed by atoms with E-state index < -0.39 is 0 Å². The molecule has 0 aliphatic carbocycles. The van der Waals surface area contributed by atoms with Crippen LogP contribution in [0.15, 0.2) is 40.8 Å². The standard InChI is InChI=1S/C19H26N2O2/c1-2-3-4-5-6-7-8-15-9-11-16(12-10-15)21-19(22)17-13-14-18(20)23-17/h9-14H,2-8,20H2,1H3,(H,21,22). The summed E-state index contributed by atoms with van der Waals surface area (Å²) in [6.07, 6.45) is 8.91. The molecule has 2 aromatic rings. The molecule has 0 saturated carbocycles. The molecule has 0 saturated heterocycles. The number of amides is 1. The fourth-order valence-electron chi connectivity index (χ4n) is 2.53. The minimum absolute atomic E-state index is 0.221. The van der Waals surface area contributed by atoms with Crippen molar-refractivity contribution in [2.75, 3.05) is 11.1 Å². The summed E-state index contributed by atoms with van der Waals surface area (Å²) in [5.41, 5.74) is 7.53. The van der Waals surface area contributed by atoms with Gasteiger partial charge in [0, 0.05) is 11.8 Å². The monoisotopic (exact) mass is 314 g/mol. The maximum absolute atomic E-state index is 11.9. The summed E-state index contributed by atoms with van der Waals surface area (Å²) in [7, 11) is 0. The molecular weight excluding hydrogens is 288 g/mol. The van der Waals surface area contributed by atoms with Gasteiger partial charge in [-0.3, -0.25) is 4.79 Å². The lowest BCUT2D eigenvalue weighted by Crippen LogP contribution is -2.10. The minimum atomic E-state index is -0.287. The van der Waals surface area contributed by atoms with Crippen LogP contribution in [-0.4, -0.2) is 5.91 Å². The maximum atomic E-state index is 11.9. The zero-order chi connectivity index (χ0) is 16.5. The van der Waals surface area contributed by atoms with Crippen molar-refractivity contribution >= 4 is 17.5 Å². The molecule has 1 amide bonds. The Kier molecular flexibility index (Phi) is 6.73. The first kappa shape index (κ1) is 17.1. The number of carbonyl (C=O) groups is 1. The van der Waals surface area contributed by atoms with Crippen LogP contribution in [0.1, 0.15) is 61.6 Å². The van der Waals surface area contributed by atoms with Crippen LogP contribution in [0.25, 0.3) is 0 Å². The van der Waals surface area contributed by atoms with Gasteiger partial charge in [0.1, 0.15) is 0 Å². The third-order valence-electron chi connectivity index (χ3n) is 3.88. The van der Waals surface area contributed by atoms with Gasteiger partial charge in [-0.25, -0.2) is 0 Å². The highest BCUT2D eigenvalue weighted by molar-refractivity contribution is 6.02. The van der Waals surface area contributed by atoms with Gasteiger partial charge in [-0.15, -0.1) is 0 Å². The van der Waals surface area contributed by atoms with Gasteiger partial charge in [-0.2, -0.15) is 0 Å². The molecule has 0 aliphatic heterocycles. The average molecular weight is 314 g/mol. The van der Waals surface area contributed by atoms with Gasteiger partial charge < -0.3 is 15.5 Å². The van der Waals surface area contributed by atoms with E-state index >= 15 is 0 Å². The van der Waals surface area contributed by atoms with Crippen LogP contribution in [0.4, 0.5) is 11.6 Å². The van der Waals surface area contributed by atoms with Gasteiger partial charge in [0.2, 0.25) is 0 Å². The molecule has 0 aliphatic rings. The average Bonchev–Trinajstić information content (AvgIpc) is 2.99. The van der Waals surface area contributed by atoms with E-state index in [1.165, 1.54) is 44.1 Å². The van der Waals surface area contributed by atoms with Crippen LogP contribution >= 0.6 is 0 Å². The number of hydrogen-bond acceptors (Lipinski definition) is 3. The van der Waals surface area contributed by atoms with Gasteiger partial charge >= 0.3 is 0 Å². The number of rotatable bonds is 9. The maximum Gasteiger partial charge on any atom is 0.291 e. The molecule has 0 radical (unpaired) electrons. The van der Waals surface area contributed by atoms with Gasteiger partial charge in [-0.05, 0) is 36.6 Å². The van der Waals surface area contributed by atoms with E-state index in [9.17, 15) is 4.79 Å². The number of furan rings is 1. The Hall–Kier alpha value is -2.23. The van der Waals surface area contributed by atoms with Gasteiger partial charge in [0.25, 0.3) is 5.91 Å². The fourth-order valence-corrected chi connectivity index (χ4v) is 2.53. The smallest absolute Gasteiger partial charge is 0.291 e. The molecule has 124 valence electrons. The number of carbonyl (C=O) groups excluding carboxylic acids is 1. The SMILES string of the molecule is CCCCCCCCc1ccc(NC(=O)c2ccc(N)o2)cc1. The highest BCUT2D eigenvalue weighted by atomic mass is 16.4. The number of nitrogens with one attached hydrogen (secondary N) is 1. The predicted octanol–water partition coefficient (Wildman–Crippen LogP) is 5.02. The van der Waals surface area contributed by atoms with Crippen LogP contribution in [0.2, 0.25) is 0 Å². The Morgan fingerprint density at radius 3 is 2.35 bits per heavy atom. The van der Waals surface area contributed by atoms with E-state index in [0.717, 1.165) is 12.1 Å². The van der Waals surface area contributed by atoms with E-state index in [2.05, 4.69) is 24.4 Å². The fraction of sp³-hybridized carbons (Fsp3) is 0.421. The number of aryl methyl sites for hydroxylation is 1. The number of benzene rings is 1. The molecule has 0 fully saturated rings. The molecule has 4 nitrogen and oxygen atoms in total. The highest BCUT2D eigenvalue weighted by Crippen LogP contribution is 2.16. The quantitative estimate of drug-likeness (QED) is 0.639. The number of anilines is 2. The molecule has 3 N–H and O–H groups in total. The zero-order valence-electron chi connectivity index (χ0n) is 13.8. The molecular formula is C19H26N2O2. The first-order chi connectivity index (χ1) is 11.2. The van der Waals surface area contributed by atoms with Crippen LogP contribution in [0, 0.1) is 0 Å². The van der Waals surface area contributed by atoms with Crippen LogP contribution < -0.4 is 11.1 Å². The summed E-state index contributed by atoms with van der Waals surface area (Å²) in [4.78, 5) is 11.9. The molecule has 1 heterocycles. The topological polar surface area (TPSA) is 68.3 Å². The van der Waals surface area contributed by atoms with E-state index in [1.54, 1.807) is 12.1 Å². The van der Waals surface area contributed by atoms with Crippen molar-refractivity contribution in [2.45, 2.75) is 51.9 Å². The van der Waals surface area contributed by atoms with Crippen LogP contribution in [0.5, 0.6) is 0 Å². The largest absolute Gasteiger partial charge is 0.436 e.